The number of pyridine rings is 1. The quantitative estimate of drug-likeness (QED) is 0.434. The van der Waals surface area contributed by atoms with Gasteiger partial charge in [0, 0.05) is 31.7 Å². The van der Waals surface area contributed by atoms with E-state index in [2.05, 4.69) is 23.0 Å². The van der Waals surface area contributed by atoms with E-state index in [1.54, 1.807) is 26.0 Å². The van der Waals surface area contributed by atoms with Crippen LogP contribution in [-0.4, -0.2) is 59.5 Å². The van der Waals surface area contributed by atoms with E-state index in [-0.39, 0.29) is 11.9 Å². The number of rotatable bonds is 9. The second kappa shape index (κ2) is 11.2. The van der Waals surface area contributed by atoms with Gasteiger partial charge in [-0.2, -0.15) is 0 Å². The largest absolute Gasteiger partial charge is 0.493 e. The number of hydrogen-bond donors (Lipinski definition) is 0. The van der Waals surface area contributed by atoms with E-state index >= 15 is 0 Å². The van der Waals surface area contributed by atoms with E-state index in [9.17, 15) is 4.79 Å². The zero-order valence-electron chi connectivity index (χ0n) is 22.4. The van der Waals surface area contributed by atoms with Crippen molar-refractivity contribution in [3.05, 3.63) is 40.6 Å². The molecule has 1 fully saturated rings. The van der Waals surface area contributed by atoms with Crippen LogP contribution in [0.1, 0.15) is 54.5 Å². The number of ether oxygens (including phenoxy) is 3. The summed E-state index contributed by atoms with van der Waals surface area (Å²) < 4.78 is 18.1. The highest BCUT2D eigenvalue weighted by Gasteiger charge is 2.27. The fourth-order valence-electron chi connectivity index (χ4n) is 5.48. The minimum atomic E-state index is 0.226. The first-order chi connectivity index (χ1) is 17.4. The number of aryl methyl sites for hydroxylation is 4. The Morgan fingerprint density at radius 3 is 2.56 bits per heavy atom. The Bertz CT molecular complexity index is 1240. The Morgan fingerprint density at radius 2 is 1.83 bits per heavy atom. The first-order valence-electron chi connectivity index (χ1n) is 12.7. The van der Waals surface area contributed by atoms with Crippen molar-refractivity contribution in [2.45, 2.75) is 64.8 Å². The molecule has 1 aliphatic rings. The van der Waals surface area contributed by atoms with Crippen molar-refractivity contribution in [3.8, 4) is 17.4 Å². The van der Waals surface area contributed by atoms with Crippen LogP contribution >= 0.6 is 0 Å². The third kappa shape index (κ3) is 5.13. The predicted octanol–water partition coefficient (Wildman–Crippen LogP) is 4.56. The van der Waals surface area contributed by atoms with E-state index in [1.807, 2.05) is 26.1 Å². The van der Waals surface area contributed by atoms with E-state index in [0.29, 0.717) is 18.7 Å². The fraction of sp³-hybridized carbons (Fsp3) is 0.536. The molecule has 3 heterocycles. The fourth-order valence-corrected chi connectivity index (χ4v) is 5.48. The number of carbonyl (C=O) groups is 1. The minimum absolute atomic E-state index is 0.226. The summed E-state index contributed by atoms with van der Waals surface area (Å²) >= 11 is 0. The van der Waals surface area contributed by atoms with Crippen LogP contribution in [0.5, 0.6) is 17.4 Å². The van der Waals surface area contributed by atoms with Crippen LogP contribution in [0.4, 0.5) is 0 Å². The highest BCUT2D eigenvalue weighted by atomic mass is 16.5. The summed E-state index contributed by atoms with van der Waals surface area (Å²) in [6, 6.07) is 6.33. The molecule has 1 aromatic carbocycles. The molecule has 0 saturated carbocycles. The van der Waals surface area contributed by atoms with Gasteiger partial charge in [0.1, 0.15) is 0 Å². The third-order valence-electron chi connectivity index (χ3n) is 7.47. The molecule has 0 radical (unpaired) electrons. The molecule has 1 saturated heterocycles. The highest BCUT2D eigenvalue weighted by molar-refractivity contribution is 5.86. The molecular weight excluding hydrogens is 456 g/mol. The normalized spacial score (nSPS) is 15.8. The van der Waals surface area contributed by atoms with Crippen LogP contribution in [0.2, 0.25) is 0 Å². The number of nitrogens with zero attached hydrogens (tertiary/aromatic N) is 4. The molecule has 2 aromatic heterocycles. The van der Waals surface area contributed by atoms with Gasteiger partial charge < -0.3 is 19.1 Å². The molecule has 3 aromatic rings. The van der Waals surface area contributed by atoms with Crippen LogP contribution in [0, 0.1) is 13.8 Å². The smallest absolute Gasteiger partial charge is 0.242 e. The molecule has 1 amide bonds. The molecule has 194 valence electrons. The number of piperidine rings is 1. The molecule has 4 rings (SSSR count). The lowest BCUT2D eigenvalue weighted by molar-refractivity contribution is -0.135. The van der Waals surface area contributed by atoms with Gasteiger partial charge in [-0.25, -0.2) is 9.67 Å². The molecule has 8 heteroatoms. The average Bonchev–Trinajstić information content (AvgIpc) is 3.22. The Labute approximate surface area is 213 Å². The second-order valence-corrected chi connectivity index (χ2v) is 9.60. The molecule has 0 aliphatic carbocycles. The van der Waals surface area contributed by atoms with Gasteiger partial charge in [0.05, 0.1) is 26.7 Å². The first kappa shape index (κ1) is 25.8. The summed E-state index contributed by atoms with van der Waals surface area (Å²) in [5.41, 5.74) is 5.16. The number of amides is 1. The zero-order valence-corrected chi connectivity index (χ0v) is 22.4. The molecule has 1 atom stereocenters. The number of carbonyl (C=O) groups excluding carboxylic acids is 1. The van der Waals surface area contributed by atoms with Crippen LogP contribution in [0.25, 0.3) is 11.0 Å². The monoisotopic (exact) mass is 494 g/mol. The van der Waals surface area contributed by atoms with Crippen LogP contribution < -0.4 is 14.2 Å². The summed E-state index contributed by atoms with van der Waals surface area (Å²) in [7, 11) is 6.80. The summed E-state index contributed by atoms with van der Waals surface area (Å²) in [6.45, 7) is 4.92. The molecule has 8 nitrogen and oxygen atoms in total. The second-order valence-electron chi connectivity index (χ2n) is 9.60. The highest BCUT2D eigenvalue weighted by Crippen LogP contribution is 2.32. The van der Waals surface area contributed by atoms with Gasteiger partial charge in [-0.15, -0.1) is 5.10 Å². The van der Waals surface area contributed by atoms with Crippen molar-refractivity contribution in [2.24, 2.45) is 7.05 Å². The minimum Gasteiger partial charge on any atom is -0.493 e. The number of benzene rings is 1. The Hall–Kier alpha value is -3.29. The van der Waals surface area contributed by atoms with E-state index in [1.165, 1.54) is 12.0 Å². The van der Waals surface area contributed by atoms with Crippen LogP contribution in [-0.2, 0) is 24.7 Å². The summed E-state index contributed by atoms with van der Waals surface area (Å²) in [5.74, 6) is 2.28. The van der Waals surface area contributed by atoms with Crippen molar-refractivity contribution in [2.75, 3.05) is 27.9 Å². The Morgan fingerprint density at radius 1 is 1.06 bits per heavy atom. The number of fused-ring (bicyclic) bond motifs is 1. The number of hydrogen-bond acceptors (Lipinski definition) is 6. The molecule has 0 N–H and O–H groups in total. The summed E-state index contributed by atoms with van der Waals surface area (Å²) in [5, 5.41) is 5.37. The maximum atomic E-state index is 13.4. The maximum Gasteiger partial charge on any atom is 0.242 e. The van der Waals surface area contributed by atoms with Gasteiger partial charge in [0.25, 0.3) is 0 Å². The lowest BCUT2D eigenvalue weighted by Gasteiger charge is -2.36. The standard InChI is InChI=1S/C28H38N4O4/c1-18-22(19(2)29-27-26(18)28(36-6)30-31(27)3)13-15-25(33)32-16-8-7-9-21(32)12-10-20-11-14-23(34-4)24(17-20)35-5/h11,14,17,21H,7-10,12-13,15-16H2,1-6H3. The maximum absolute atomic E-state index is 13.4. The lowest BCUT2D eigenvalue weighted by atomic mass is 9.94. The van der Waals surface area contributed by atoms with Crippen molar-refractivity contribution in [1.82, 2.24) is 19.7 Å². The lowest BCUT2D eigenvalue weighted by Crippen LogP contribution is -2.44. The van der Waals surface area contributed by atoms with Gasteiger partial charge >= 0.3 is 0 Å². The van der Waals surface area contributed by atoms with E-state index < -0.39 is 0 Å². The van der Waals surface area contributed by atoms with Gasteiger partial charge in [-0.05, 0) is 81.2 Å². The van der Waals surface area contributed by atoms with Crippen LogP contribution in [0.15, 0.2) is 18.2 Å². The molecule has 0 spiro atoms. The Kier molecular flexibility index (Phi) is 8.01. The number of methoxy groups -OCH3 is 3. The predicted molar refractivity (Wildman–Crippen MR) is 140 cm³/mol. The Balaban J connectivity index is 1.45. The van der Waals surface area contributed by atoms with Crippen molar-refractivity contribution in [1.29, 1.82) is 0 Å². The summed E-state index contributed by atoms with van der Waals surface area (Å²) in [4.78, 5) is 20.3. The van der Waals surface area contributed by atoms with Gasteiger partial charge in [-0.3, -0.25) is 4.79 Å². The number of likely N-dealkylation sites (tertiary alicyclic amines) is 1. The van der Waals surface area contributed by atoms with E-state index in [0.717, 1.165) is 71.6 Å². The van der Waals surface area contributed by atoms with Crippen molar-refractivity contribution < 1.29 is 19.0 Å². The molecule has 1 aliphatic heterocycles. The molecular formula is C28H38N4O4. The molecule has 1 unspecified atom stereocenters. The zero-order chi connectivity index (χ0) is 25.8. The topological polar surface area (TPSA) is 78.7 Å². The van der Waals surface area contributed by atoms with Gasteiger partial charge in [0.15, 0.2) is 17.1 Å². The molecule has 0 bridgehead atoms. The van der Waals surface area contributed by atoms with Crippen molar-refractivity contribution >= 4 is 16.9 Å². The van der Waals surface area contributed by atoms with Gasteiger partial charge in [0.2, 0.25) is 11.8 Å². The SMILES string of the molecule is COc1ccc(CCC2CCCCN2C(=O)CCc2c(C)nc3c(c(OC)nn3C)c2C)cc1OC. The number of aromatic nitrogens is 3. The third-order valence-corrected chi connectivity index (χ3v) is 7.47. The van der Waals surface area contributed by atoms with E-state index in [4.69, 9.17) is 19.2 Å². The van der Waals surface area contributed by atoms with Crippen LogP contribution in [0.3, 0.4) is 0 Å². The molecule has 36 heavy (non-hydrogen) atoms. The first-order valence-corrected chi connectivity index (χ1v) is 12.7. The average molecular weight is 495 g/mol. The van der Waals surface area contributed by atoms with Crippen molar-refractivity contribution in [3.63, 3.8) is 0 Å². The summed E-state index contributed by atoms with van der Waals surface area (Å²) in [6.07, 6.45) is 6.27. The van der Waals surface area contributed by atoms with Gasteiger partial charge in [-0.1, -0.05) is 6.07 Å².